The number of para-hydroxylation sites is 1. The number of benzene rings is 2. The van der Waals surface area contributed by atoms with E-state index in [0.717, 1.165) is 24.2 Å². The Bertz CT molecular complexity index is 574. The minimum Gasteiger partial charge on any atom is -0.496 e. The minimum absolute atomic E-state index is 0.0862. The molecule has 0 bridgehead atoms. The van der Waals surface area contributed by atoms with E-state index in [1.165, 1.54) is 11.1 Å². The number of aryl methyl sites for hydroxylation is 1. The van der Waals surface area contributed by atoms with Gasteiger partial charge in [-0.15, -0.1) is 0 Å². The first kappa shape index (κ1) is 15.6. The quantitative estimate of drug-likeness (QED) is 0.875. The second kappa shape index (κ2) is 6.77. The molecule has 2 rings (SSSR count). The Kier molecular flexibility index (Phi) is 5.03. The van der Waals surface area contributed by atoms with Crippen LogP contribution in [0.3, 0.4) is 0 Å². The van der Waals surface area contributed by atoms with E-state index < -0.39 is 0 Å². The molecule has 0 aliphatic rings. The zero-order valence-electron chi connectivity index (χ0n) is 13.1. The molecule has 0 aromatic heterocycles. The van der Waals surface area contributed by atoms with Crippen molar-refractivity contribution in [2.75, 3.05) is 13.7 Å². The Labute approximate surface area is 127 Å². The SMILES string of the molecule is CCc1ccc(CC(C)(CO)c2ccccc2OC)cc1. The van der Waals surface area contributed by atoms with E-state index in [1.54, 1.807) is 7.11 Å². The smallest absolute Gasteiger partial charge is 0.122 e. The van der Waals surface area contributed by atoms with Gasteiger partial charge in [0.15, 0.2) is 0 Å². The second-order valence-corrected chi connectivity index (χ2v) is 5.77. The van der Waals surface area contributed by atoms with E-state index in [-0.39, 0.29) is 12.0 Å². The fraction of sp³-hybridized carbons (Fsp3) is 0.368. The van der Waals surface area contributed by atoms with Gasteiger partial charge in [0, 0.05) is 11.0 Å². The van der Waals surface area contributed by atoms with Crippen LogP contribution in [0.15, 0.2) is 48.5 Å². The molecule has 0 fully saturated rings. The Morgan fingerprint density at radius 2 is 1.62 bits per heavy atom. The summed E-state index contributed by atoms with van der Waals surface area (Å²) in [6, 6.07) is 16.6. The van der Waals surface area contributed by atoms with E-state index in [9.17, 15) is 5.11 Å². The van der Waals surface area contributed by atoms with Crippen LogP contribution in [0.5, 0.6) is 5.75 Å². The van der Waals surface area contributed by atoms with Crippen LogP contribution in [0.4, 0.5) is 0 Å². The summed E-state index contributed by atoms with van der Waals surface area (Å²) >= 11 is 0. The molecule has 1 unspecified atom stereocenters. The van der Waals surface area contributed by atoms with Gasteiger partial charge in [0.05, 0.1) is 13.7 Å². The normalized spacial score (nSPS) is 13.7. The standard InChI is InChI=1S/C19H24O2/c1-4-15-9-11-16(12-10-15)13-19(2,14-20)17-7-5-6-8-18(17)21-3/h5-12,20H,4,13-14H2,1-3H3. The maximum atomic E-state index is 9.97. The van der Waals surface area contributed by atoms with Crippen molar-refractivity contribution >= 4 is 0 Å². The van der Waals surface area contributed by atoms with Crippen molar-refractivity contribution in [3.8, 4) is 5.75 Å². The van der Waals surface area contributed by atoms with E-state index in [4.69, 9.17) is 4.74 Å². The van der Waals surface area contributed by atoms with Crippen LogP contribution < -0.4 is 4.74 Å². The van der Waals surface area contributed by atoms with Crippen molar-refractivity contribution in [3.63, 3.8) is 0 Å². The zero-order valence-corrected chi connectivity index (χ0v) is 13.1. The Morgan fingerprint density at radius 1 is 1.00 bits per heavy atom. The van der Waals surface area contributed by atoms with Crippen molar-refractivity contribution in [2.45, 2.75) is 32.1 Å². The molecule has 1 N–H and O–H groups in total. The predicted molar refractivity (Wildman–Crippen MR) is 87.0 cm³/mol. The Hall–Kier alpha value is -1.80. The maximum absolute atomic E-state index is 9.97. The van der Waals surface area contributed by atoms with Crippen molar-refractivity contribution in [3.05, 3.63) is 65.2 Å². The van der Waals surface area contributed by atoms with Crippen LogP contribution >= 0.6 is 0 Å². The summed E-state index contributed by atoms with van der Waals surface area (Å²) in [4.78, 5) is 0. The minimum atomic E-state index is -0.347. The number of hydrogen-bond donors (Lipinski definition) is 1. The van der Waals surface area contributed by atoms with Crippen LogP contribution in [-0.4, -0.2) is 18.8 Å². The Morgan fingerprint density at radius 3 is 2.19 bits per heavy atom. The summed E-state index contributed by atoms with van der Waals surface area (Å²) < 4.78 is 5.46. The fourth-order valence-electron chi connectivity index (χ4n) is 2.72. The van der Waals surface area contributed by atoms with Gasteiger partial charge in [-0.1, -0.05) is 56.3 Å². The molecule has 2 aromatic carbocycles. The highest BCUT2D eigenvalue weighted by molar-refractivity contribution is 5.41. The molecule has 0 radical (unpaired) electrons. The number of aliphatic hydroxyl groups is 1. The van der Waals surface area contributed by atoms with E-state index in [0.29, 0.717) is 0 Å². The van der Waals surface area contributed by atoms with Gasteiger partial charge in [0.1, 0.15) is 5.75 Å². The molecule has 1 atom stereocenters. The molecule has 0 saturated heterocycles. The molecular weight excluding hydrogens is 260 g/mol. The molecule has 112 valence electrons. The third-order valence-electron chi connectivity index (χ3n) is 4.13. The van der Waals surface area contributed by atoms with Crippen LogP contribution in [0.25, 0.3) is 0 Å². The van der Waals surface area contributed by atoms with Gasteiger partial charge in [-0.25, -0.2) is 0 Å². The molecule has 0 aliphatic heterocycles. The van der Waals surface area contributed by atoms with Gasteiger partial charge in [-0.3, -0.25) is 0 Å². The first-order valence-corrected chi connectivity index (χ1v) is 7.45. The average Bonchev–Trinajstić information content (AvgIpc) is 2.55. The molecule has 0 heterocycles. The van der Waals surface area contributed by atoms with E-state index in [1.807, 2.05) is 24.3 Å². The maximum Gasteiger partial charge on any atom is 0.122 e. The highest BCUT2D eigenvalue weighted by Crippen LogP contribution is 2.34. The summed E-state index contributed by atoms with van der Waals surface area (Å²) in [5.41, 5.74) is 3.27. The van der Waals surface area contributed by atoms with E-state index in [2.05, 4.69) is 38.1 Å². The van der Waals surface area contributed by atoms with Gasteiger partial charge < -0.3 is 9.84 Å². The highest BCUT2D eigenvalue weighted by Gasteiger charge is 2.29. The second-order valence-electron chi connectivity index (χ2n) is 5.77. The third-order valence-corrected chi connectivity index (χ3v) is 4.13. The van der Waals surface area contributed by atoms with Gasteiger partial charge >= 0.3 is 0 Å². The number of rotatable bonds is 6. The number of ether oxygens (including phenoxy) is 1. The molecule has 0 aliphatic carbocycles. The Balaban J connectivity index is 2.31. The first-order valence-electron chi connectivity index (χ1n) is 7.45. The monoisotopic (exact) mass is 284 g/mol. The highest BCUT2D eigenvalue weighted by atomic mass is 16.5. The van der Waals surface area contributed by atoms with Crippen LogP contribution in [0.1, 0.15) is 30.5 Å². The molecule has 2 heteroatoms. The molecule has 0 amide bonds. The molecule has 2 nitrogen and oxygen atoms in total. The van der Waals surface area contributed by atoms with Crippen molar-refractivity contribution in [2.24, 2.45) is 0 Å². The van der Waals surface area contributed by atoms with Gasteiger partial charge in [-0.2, -0.15) is 0 Å². The van der Waals surface area contributed by atoms with Crippen LogP contribution in [0, 0.1) is 0 Å². The van der Waals surface area contributed by atoms with Gasteiger partial charge in [0.2, 0.25) is 0 Å². The molecule has 0 saturated carbocycles. The van der Waals surface area contributed by atoms with Crippen molar-refractivity contribution in [1.82, 2.24) is 0 Å². The molecule has 21 heavy (non-hydrogen) atoms. The topological polar surface area (TPSA) is 29.5 Å². The lowest BCUT2D eigenvalue weighted by Crippen LogP contribution is -2.30. The van der Waals surface area contributed by atoms with Crippen molar-refractivity contribution < 1.29 is 9.84 Å². The lowest BCUT2D eigenvalue weighted by Gasteiger charge is -2.29. The lowest BCUT2D eigenvalue weighted by molar-refractivity contribution is 0.201. The zero-order chi connectivity index (χ0) is 15.3. The largest absolute Gasteiger partial charge is 0.496 e. The first-order chi connectivity index (χ1) is 10.1. The fourth-order valence-corrected chi connectivity index (χ4v) is 2.72. The van der Waals surface area contributed by atoms with Gasteiger partial charge in [-0.05, 0) is 30.0 Å². The summed E-state index contributed by atoms with van der Waals surface area (Å²) in [7, 11) is 1.67. The number of hydrogen-bond acceptors (Lipinski definition) is 2. The molecule has 2 aromatic rings. The summed E-state index contributed by atoms with van der Waals surface area (Å²) in [6.07, 6.45) is 1.83. The molecule has 0 spiro atoms. The van der Waals surface area contributed by atoms with Gasteiger partial charge in [0.25, 0.3) is 0 Å². The van der Waals surface area contributed by atoms with Crippen molar-refractivity contribution in [1.29, 1.82) is 0 Å². The molecular formula is C19H24O2. The predicted octanol–water partition coefficient (Wildman–Crippen LogP) is 3.75. The third kappa shape index (κ3) is 3.45. The number of aliphatic hydroxyl groups excluding tert-OH is 1. The number of methoxy groups -OCH3 is 1. The van der Waals surface area contributed by atoms with Crippen LogP contribution in [-0.2, 0) is 18.3 Å². The summed E-state index contributed by atoms with van der Waals surface area (Å²) in [6.45, 7) is 4.32. The summed E-state index contributed by atoms with van der Waals surface area (Å²) in [5.74, 6) is 0.833. The van der Waals surface area contributed by atoms with Crippen LogP contribution in [0.2, 0.25) is 0 Å². The average molecular weight is 284 g/mol. The lowest BCUT2D eigenvalue weighted by atomic mass is 9.77. The summed E-state index contributed by atoms with van der Waals surface area (Å²) in [5, 5.41) is 9.97. The van der Waals surface area contributed by atoms with E-state index >= 15 is 0 Å².